The monoisotopic (exact) mass is 502 g/mol. The van der Waals surface area contributed by atoms with E-state index < -0.39 is 0 Å². The molecule has 3 unspecified atom stereocenters. The first-order valence-electron chi connectivity index (χ1n) is 12.7. The van der Waals surface area contributed by atoms with Crippen LogP contribution in [-0.2, 0) is 18.9 Å². The standard InChI is InChI=1S/C29H34N4O4/c1-19(37-20(2)36-13-12-35-11-10-34-3)28-17-27-16-25-7-6-23(31-25)14-21-4-5-22(30-21)15-24-8-9-26(32-24)18-29(28)33-27/h4-9,14-16,18-20,27,30,33H,10-13,17H2,1-3H3. The van der Waals surface area contributed by atoms with Crippen LogP contribution in [0.1, 0.15) is 20.3 Å². The van der Waals surface area contributed by atoms with Crippen LogP contribution in [0.25, 0.3) is 12.2 Å². The number of aromatic nitrogens is 1. The molecule has 5 heterocycles. The minimum absolute atomic E-state index is 0.103. The molecule has 8 heteroatoms. The molecule has 8 bridgehead atoms. The molecule has 3 atom stereocenters. The maximum Gasteiger partial charge on any atom is 0.155 e. The maximum atomic E-state index is 6.23. The Labute approximate surface area is 217 Å². The molecule has 1 aromatic heterocycles. The van der Waals surface area contributed by atoms with Crippen LogP contribution in [0.15, 0.2) is 81.2 Å². The number of H-pyrrole nitrogens is 1. The van der Waals surface area contributed by atoms with Gasteiger partial charge >= 0.3 is 0 Å². The van der Waals surface area contributed by atoms with Gasteiger partial charge in [0.05, 0.1) is 61.4 Å². The zero-order valence-corrected chi connectivity index (χ0v) is 21.6. The Hall–Kier alpha value is -3.30. The second kappa shape index (κ2) is 11.8. The highest BCUT2D eigenvalue weighted by Gasteiger charge is 2.27. The normalized spacial score (nSPS) is 21.5. The Kier molecular flexibility index (Phi) is 8.11. The van der Waals surface area contributed by atoms with Crippen molar-refractivity contribution in [1.29, 1.82) is 0 Å². The van der Waals surface area contributed by atoms with Crippen LogP contribution in [0, 0.1) is 0 Å². The molecule has 0 fully saturated rings. The fourth-order valence-electron chi connectivity index (χ4n) is 4.63. The van der Waals surface area contributed by atoms with E-state index in [4.69, 9.17) is 28.9 Å². The van der Waals surface area contributed by atoms with Crippen molar-refractivity contribution in [3.05, 3.63) is 82.0 Å². The van der Waals surface area contributed by atoms with Crippen LogP contribution in [0.5, 0.6) is 0 Å². The van der Waals surface area contributed by atoms with Gasteiger partial charge in [-0.15, -0.1) is 0 Å². The van der Waals surface area contributed by atoms with E-state index in [0.717, 1.165) is 45.6 Å². The molecule has 4 aliphatic heterocycles. The van der Waals surface area contributed by atoms with Crippen LogP contribution in [0.3, 0.4) is 0 Å². The summed E-state index contributed by atoms with van der Waals surface area (Å²) in [6.45, 7) is 6.08. The minimum atomic E-state index is -0.363. The Bertz CT molecular complexity index is 1340. The van der Waals surface area contributed by atoms with E-state index in [-0.39, 0.29) is 18.4 Å². The van der Waals surface area contributed by atoms with E-state index in [2.05, 4.69) is 53.7 Å². The summed E-state index contributed by atoms with van der Waals surface area (Å²) in [5.74, 6) is 0. The molecule has 0 aromatic carbocycles. The summed E-state index contributed by atoms with van der Waals surface area (Å²) < 4.78 is 22.5. The fraction of sp³-hybridized carbons (Fsp3) is 0.379. The number of nitrogens with zero attached hydrogens (tertiary/aromatic N) is 2. The molecule has 1 aromatic rings. The van der Waals surface area contributed by atoms with Crippen LogP contribution in [-0.4, -0.2) is 68.4 Å². The van der Waals surface area contributed by atoms with E-state index in [1.54, 1.807) is 7.11 Å². The Balaban J connectivity index is 1.35. The van der Waals surface area contributed by atoms with Crippen molar-refractivity contribution in [3.8, 4) is 0 Å². The van der Waals surface area contributed by atoms with E-state index in [1.165, 1.54) is 5.57 Å². The Morgan fingerprint density at radius 3 is 2.35 bits per heavy atom. The maximum absolute atomic E-state index is 6.23. The van der Waals surface area contributed by atoms with Crippen molar-refractivity contribution in [2.24, 2.45) is 9.98 Å². The molecule has 0 spiro atoms. The van der Waals surface area contributed by atoms with Crippen LogP contribution < -0.4 is 16.0 Å². The average Bonchev–Trinajstić information content (AvgIpc) is 3.66. The average molecular weight is 503 g/mol. The first-order valence-corrected chi connectivity index (χ1v) is 12.7. The molecular weight excluding hydrogens is 468 g/mol. The largest absolute Gasteiger partial charge is 0.382 e. The quantitative estimate of drug-likeness (QED) is 0.379. The molecule has 0 aliphatic carbocycles. The zero-order chi connectivity index (χ0) is 25.6. The Morgan fingerprint density at radius 1 is 0.892 bits per heavy atom. The van der Waals surface area contributed by atoms with E-state index in [0.29, 0.717) is 26.4 Å². The summed E-state index contributed by atoms with van der Waals surface area (Å²) in [5, 5.41) is 5.67. The van der Waals surface area contributed by atoms with Gasteiger partial charge in [0.2, 0.25) is 0 Å². The lowest BCUT2D eigenvalue weighted by molar-refractivity contribution is -0.155. The summed E-state index contributed by atoms with van der Waals surface area (Å²) in [4.78, 5) is 13.0. The Morgan fingerprint density at radius 2 is 1.59 bits per heavy atom. The van der Waals surface area contributed by atoms with Crippen molar-refractivity contribution in [1.82, 2.24) is 10.3 Å². The predicted octanol–water partition coefficient (Wildman–Crippen LogP) is 2.43. The van der Waals surface area contributed by atoms with E-state index >= 15 is 0 Å². The second-order valence-electron chi connectivity index (χ2n) is 9.27. The van der Waals surface area contributed by atoms with Gasteiger partial charge in [-0.1, -0.05) is 0 Å². The molecule has 8 nitrogen and oxygen atoms in total. The number of hydrogen-bond acceptors (Lipinski definition) is 7. The van der Waals surface area contributed by atoms with Gasteiger partial charge in [-0.3, -0.25) is 0 Å². The number of fused-ring (bicyclic) bond motifs is 6. The highest BCUT2D eigenvalue weighted by atomic mass is 16.7. The molecule has 5 rings (SSSR count). The fourth-order valence-corrected chi connectivity index (χ4v) is 4.63. The van der Waals surface area contributed by atoms with Gasteiger partial charge in [-0.05, 0) is 86.6 Å². The molecule has 37 heavy (non-hydrogen) atoms. The second-order valence-corrected chi connectivity index (χ2v) is 9.27. The lowest BCUT2D eigenvalue weighted by Crippen LogP contribution is -2.23. The van der Waals surface area contributed by atoms with Gasteiger partial charge in [0.25, 0.3) is 0 Å². The summed E-state index contributed by atoms with van der Waals surface area (Å²) in [5.41, 5.74) is 5.88. The lowest BCUT2D eigenvalue weighted by atomic mass is 10.0. The minimum Gasteiger partial charge on any atom is -0.382 e. The van der Waals surface area contributed by atoms with Crippen LogP contribution in [0.2, 0.25) is 0 Å². The predicted molar refractivity (Wildman–Crippen MR) is 146 cm³/mol. The van der Waals surface area contributed by atoms with E-state index in [9.17, 15) is 0 Å². The SMILES string of the molecule is COCCOCCOC(C)OC(C)C1=C2C=C3C=CC(=N3)C=c3ccc([nH]3)=CC3=NC(=CC(C1)N2)C=C3. The van der Waals surface area contributed by atoms with Gasteiger partial charge < -0.3 is 29.2 Å². The molecule has 0 radical (unpaired) electrons. The molecule has 194 valence electrons. The third-order valence-corrected chi connectivity index (χ3v) is 6.39. The molecule has 2 N–H and O–H groups in total. The van der Waals surface area contributed by atoms with E-state index in [1.807, 2.05) is 31.2 Å². The molecule has 0 saturated carbocycles. The molecular formula is C29H34N4O4. The lowest BCUT2D eigenvalue weighted by Gasteiger charge is -2.21. The smallest absolute Gasteiger partial charge is 0.155 e. The number of aliphatic imine (C=N–C) groups is 2. The third-order valence-electron chi connectivity index (χ3n) is 6.39. The molecule has 4 aliphatic rings. The zero-order valence-electron chi connectivity index (χ0n) is 21.6. The number of hydrogen-bond donors (Lipinski definition) is 2. The topological polar surface area (TPSA) is 89.5 Å². The van der Waals surface area contributed by atoms with Gasteiger partial charge in [-0.2, -0.15) is 0 Å². The van der Waals surface area contributed by atoms with Crippen molar-refractivity contribution < 1.29 is 18.9 Å². The van der Waals surface area contributed by atoms with Gasteiger partial charge in [0.15, 0.2) is 6.29 Å². The first kappa shape index (κ1) is 25.4. The van der Waals surface area contributed by atoms with Crippen molar-refractivity contribution >= 4 is 23.6 Å². The van der Waals surface area contributed by atoms with Crippen LogP contribution in [0.4, 0.5) is 0 Å². The van der Waals surface area contributed by atoms with Gasteiger partial charge in [0.1, 0.15) is 0 Å². The number of methoxy groups -OCH3 is 1. The molecule has 0 saturated heterocycles. The first-order chi connectivity index (χ1) is 18.1. The highest BCUT2D eigenvalue weighted by Crippen LogP contribution is 2.29. The van der Waals surface area contributed by atoms with Gasteiger partial charge in [-0.25, -0.2) is 9.98 Å². The summed E-state index contributed by atoms with van der Waals surface area (Å²) >= 11 is 0. The van der Waals surface area contributed by atoms with Crippen molar-refractivity contribution in [2.75, 3.05) is 33.5 Å². The van der Waals surface area contributed by atoms with Gasteiger partial charge in [0, 0.05) is 23.5 Å². The summed E-state index contributed by atoms with van der Waals surface area (Å²) in [6.07, 6.45) is 16.8. The molecule has 0 amide bonds. The number of rotatable bonds is 10. The van der Waals surface area contributed by atoms with Crippen molar-refractivity contribution in [3.63, 3.8) is 0 Å². The van der Waals surface area contributed by atoms with Crippen LogP contribution >= 0.6 is 0 Å². The highest BCUT2D eigenvalue weighted by molar-refractivity contribution is 6.20. The number of ether oxygens (including phenoxy) is 4. The number of nitrogens with one attached hydrogen (secondary N) is 2. The summed E-state index contributed by atoms with van der Waals surface area (Å²) in [6, 6.07) is 4.21. The summed E-state index contributed by atoms with van der Waals surface area (Å²) in [7, 11) is 1.66. The van der Waals surface area contributed by atoms with Crippen molar-refractivity contribution in [2.45, 2.75) is 38.7 Å². The number of allylic oxidation sites excluding steroid dienone is 5. The number of aromatic amines is 1. The third kappa shape index (κ3) is 6.72.